The normalized spacial score (nSPS) is 8.76. The fourth-order valence-electron chi connectivity index (χ4n) is 1.93. The summed E-state index contributed by atoms with van der Waals surface area (Å²) in [5.74, 6) is -4.25. The molecule has 0 aromatic heterocycles. The van der Waals surface area contributed by atoms with Crippen LogP contribution in [0.5, 0.6) is 0 Å². The third-order valence-electron chi connectivity index (χ3n) is 3.64. The molecule has 0 atom stereocenters. The molecular formula is C24H36O12Zr. The van der Waals surface area contributed by atoms with Gasteiger partial charge in [0, 0.05) is 49.6 Å². The molecule has 0 aliphatic carbocycles. The van der Waals surface area contributed by atoms with Crippen molar-refractivity contribution in [3.05, 3.63) is 0 Å². The molecule has 0 fully saturated rings. The Morgan fingerprint density at radius 2 is 0.486 bits per heavy atom. The Morgan fingerprint density at radius 1 is 0.351 bits per heavy atom. The first-order chi connectivity index (χ1) is 16.5. The largest absolute Gasteiger partial charge is 4.00 e. The van der Waals surface area contributed by atoms with E-state index in [9.17, 15) is 58.8 Å². The van der Waals surface area contributed by atoms with Crippen LogP contribution in [0, 0.1) is 0 Å². The van der Waals surface area contributed by atoms with Gasteiger partial charge in [-0.3, -0.25) is 0 Å². The van der Waals surface area contributed by atoms with Crippen molar-refractivity contribution in [2.75, 3.05) is 0 Å². The van der Waals surface area contributed by atoms with Crippen LogP contribution in [0.1, 0.15) is 105 Å². The molecule has 0 saturated heterocycles. The summed E-state index contributed by atoms with van der Waals surface area (Å²) >= 11 is 0. The molecule has 0 bridgehead atoms. The Bertz CT molecular complexity index is 541. The molecule has 13 heteroatoms. The summed E-state index contributed by atoms with van der Waals surface area (Å²) in [6, 6.07) is 0. The third kappa shape index (κ3) is 71.9. The molecule has 0 N–H and O–H groups in total. The number of carboxylic acid groups (broad SMARTS) is 4. The van der Waals surface area contributed by atoms with Crippen molar-refractivity contribution < 1.29 is 85.0 Å². The van der Waals surface area contributed by atoms with Crippen molar-refractivity contribution in [1.82, 2.24) is 0 Å². The van der Waals surface area contributed by atoms with Crippen LogP contribution in [0.3, 0.4) is 0 Å². The van der Waals surface area contributed by atoms with Gasteiger partial charge in [-0.1, -0.05) is 0 Å². The molecular weight excluding hydrogens is 571 g/mol. The average molecular weight is 608 g/mol. The Labute approximate surface area is 236 Å². The minimum absolute atomic E-state index is 0. The molecule has 0 aromatic rings. The quantitative estimate of drug-likeness (QED) is 0.185. The Hall–Kier alpha value is -2.56. The molecule has 0 saturated carbocycles. The third-order valence-corrected chi connectivity index (χ3v) is 3.64. The van der Waals surface area contributed by atoms with E-state index in [2.05, 4.69) is 0 Å². The Kier molecular flexibility index (Phi) is 37.8. The Morgan fingerprint density at radius 3 is 0.568 bits per heavy atom. The van der Waals surface area contributed by atoms with Gasteiger partial charge in [-0.25, -0.2) is 0 Å². The molecule has 12 nitrogen and oxygen atoms in total. The fraction of sp³-hybridized carbons (Fsp3) is 0.667. The number of carbonyl (C=O) groups is 8. The van der Waals surface area contributed by atoms with E-state index in [4.69, 9.17) is 0 Å². The van der Waals surface area contributed by atoms with E-state index in [1.165, 1.54) is 27.7 Å². The second-order valence-electron chi connectivity index (χ2n) is 7.71. The van der Waals surface area contributed by atoms with Crippen molar-refractivity contribution in [1.29, 1.82) is 0 Å². The van der Waals surface area contributed by atoms with Gasteiger partial charge in [0.2, 0.25) is 0 Å². The van der Waals surface area contributed by atoms with Crippen molar-refractivity contribution in [2.45, 2.75) is 105 Å². The van der Waals surface area contributed by atoms with Crippen molar-refractivity contribution in [2.24, 2.45) is 0 Å². The smallest absolute Gasteiger partial charge is 0.550 e. The first-order valence-electron chi connectivity index (χ1n) is 11.3. The zero-order chi connectivity index (χ0) is 29.1. The molecule has 37 heavy (non-hydrogen) atoms. The summed E-state index contributed by atoms with van der Waals surface area (Å²) in [6.07, 6.45) is 2.91. The standard InChI is InChI=1S/4C6H10O3.Zr/c4*1-5(7)3-2-4-6(8)9;/h4*2-4H2,1H3,(H,8,9);/q;;;;+4/p-4. The number of hydrogen-bond donors (Lipinski definition) is 0. The zero-order valence-electron chi connectivity index (χ0n) is 21.9. The van der Waals surface area contributed by atoms with Crippen molar-refractivity contribution in [3.8, 4) is 0 Å². The first-order valence-corrected chi connectivity index (χ1v) is 11.3. The van der Waals surface area contributed by atoms with Crippen molar-refractivity contribution in [3.63, 3.8) is 0 Å². The summed E-state index contributed by atoms with van der Waals surface area (Å²) in [4.78, 5) is 79.9. The molecule has 0 rings (SSSR count). The van der Waals surface area contributed by atoms with Crippen LogP contribution in [0.4, 0.5) is 0 Å². The predicted octanol–water partition coefficient (Wildman–Crippen LogP) is -2.02. The summed E-state index contributed by atoms with van der Waals surface area (Å²) in [6.45, 7) is 5.76. The predicted molar refractivity (Wildman–Crippen MR) is 118 cm³/mol. The molecule has 208 valence electrons. The van der Waals surface area contributed by atoms with Crippen LogP contribution in [-0.2, 0) is 64.6 Å². The van der Waals surface area contributed by atoms with Gasteiger partial charge in [0.15, 0.2) is 0 Å². The zero-order valence-corrected chi connectivity index (χ0v) is 24.3. The van der Waals surface area contributed by atoms with E-state index >= 15 is 0 Å². The van der Waals surface area contributed by atoms with Gasteiger partial charge in [0.05, 0.1) is 0 Å². The SMILES string of the molecule is CC(=O)CCCC(=O)[O-].CC(=O)CCCC(=O)[O-].CC(=O)CCCC(=O)[O-].CC(=O)CCCC(=O)[O-].[Zr+4]. The molecule has 0 aliphatic heterocycles. The topological polar surface area (TPSA) is 229 Å². The molecule has 0 radical (unpaired) electrons. The second-order valence-corrected chi connectivity index (χ2v) is 7.71. The number of hydrogen-bond acceptors (Lipinski definition) is 12. The van der Waals surface area contributed by atoms with E-state index < -0.39 is 23.9 Å². The van der Waals surface area contributed by atoms with Gasteiger partial charge in [-0.15, -0.1) is 0 Å². The minimum Gasteiger partial charge on any atom is -0.550 e. The number of carboxylic acids is 4. The van der Waals surface area contributed by atoms with Gasteiger partial charge in [0.1, 0.15) is 23.1 Å². The second kappa shape index (κ2) is 31.5. The molecule has 0 amide bonds. The van der Waals surface area contributed by atoms with Gasteiger partial charge in [0.25, 0.3) is 0 Å². The summed E-state index contributed by atoms with van der Waals surface area (Å²) < 4.78 is 0. The molecule has 0 spiro atoms. The van der Waals surface area contributed by atoms with E-state index in [1.807, 2.05) is 0 Å². The van der Waals surface area contributed by atoms with Gasteiger partial charge in [-0.2, -0.15) is 0 Å². The maximum atomic E-state index is 10.2. The van der Waals surface area contributed by atoms with Crippen LogP contribution < -0.4 is 20.4 Å². The molecule has 0 aromatic carbocycles. The van der Waals surface area contributed by atoms with Crippen LogP contribution in [-0.4, -0.2) is 47.0 Å². The number of rotatable bonds is 16. The van der Waals surface area contributed by atoms with E-state index in [0.29, 0.717) is 51.4 Å². The maximum Gasteiger partial charge on any atom is 4.00 e. The van der Waals surface area contributed by atoms with Crippen LogP contribution in [0.25, 0.3) is 0 Å². The van der Waals surface area contributed by atoms with Gasteiger partial charge in [-0.05, 0) is 79.1 Å². The van der Waals surface area contributed by atoms with Gasteiger partial charge < -0.3 is 58.8 Å². The minimum atomic E-state index is -1.09. The average Bonchev–Trinajstić information content (AvgIpc) is 2.67. The van der Waals surface area contributed by atoms with Crippen LogP contribution in [0.15, 0.2) is 0 Å². The summed E-state index contributed by atoms with van der Waals surface area (Å²) in [5, 5.41) is 39.0. The van der Waals surface area contributed by atoms with Crippen LogP contribution in [0.2, 0.25) is 0 Å². The first kappa shape index (κ1) is 44.4. The Balaban J connectivity index is -0.000000122. The van der Waals surface area contributed by atoms with E-state index in [1.54, 1.807) is 0 Å². The number of Topliss-reactive ketones (excluding diaryl/α,β-unsaturated/α-hetero) is 4. The summed E-state index contributed by atoms with van der Waals surface area (Å²) in [7, 11) is 0. The number of aliphatic carboxylic acids is 4. The number of carbonyl (C=O) groups excluding carboxylic acids is 8. The molecule has 0 aliphatic rings. The number of ketones is 4. The monoisotopic (exact) mass is 606 g/mol. The van der Waals surface area contributed by atoms with Gasteiger partial charge >= 0.3 is 26.2 Å². The van der Waals surface area contributed by atoms with E-state index in [-0.39, 0.29) is 75.0 Å². The molecule has 0 heterocycles. The van der Waals surface area contributed by atoms with Crippen LogP contribution >= 0.6 is 0 Å². The van der Waals surface area contributed by atoms with E-state index in [0.717, 1.165) is 0 Å². The fourth-order valence-corrected chi connectivity index (χ4v) is 1.93. The maximum absolute atomic E-state index is 10.2. The molecule has 0 unspecified atom stereocenters. The van der Waals surface area contributed by atoms with Crippen molar-refractivity contribution >= 4 is 47.0 Å². The summed E-state index contributed by atoms with van der Waals surface area (Å²) in [5.41, 5.74) is 0.